The van der Waals surface area contributed by atoms with Gasteiger partial charge in [-0.15, -0.1) is 0 Å². The van der Waals surface area contributed by atoms with E-state index in [0.717, 1.165) is 13.0 Å². The van der Waals surface area contributed by atoms with Crippen LogP contribution in [0.25, 0.3) is 11.1 Å². The standard InChI is InChI=1S/C18H21N/c1-2-3-5-14-8-10-15(11-9-14)16-6-4-7-18-17(16)12-13-19-18/h4,6-11,19H,2-3,5,12-13H2,1H3. The first-order chi connectivity index (χ1) is 9.38. The molecule has 2 aromatic carbocycles. The van der Waals surface area contributed by atoms with Gasteiger partial charge in [0.05, 0.1) is 0 Å². The van der Waals surface area contributed by atoms with Gasteiger partial charge in [0, 0.05) is 12.2 Å². The molecule has 0 atom stereocenters. The fourth-order valence-electron chi connectivity index (χ4n) is 2.85. The van der Waals surface area contributed by atoms with Crippen LogP contribution in [0.2, 0.25) is 0 Å². The molecule has 19 heavy (non-hydrogen) atoms. The summed E-state index contributed by atoms with van der Waals surface area (Å²) in [7, 11) is 0. The van der Waals surface area contributed by atoms with Crippen LogP contribution >= 0.6 is 0 Å². The van der Waals surface area contributed by atoms with Crippen molar-refractivity contribution in [2.75, 3.05) is 11.9 Å². The molecule has 2 aromatic rings. The van der Waals surface area contributed by atoms with Gasteiger partial charge in [-0.3, -0.25) is 0 Å². The van der Waals surface area contributed by atoms with Crippen LogP contribution in [-0.4, -0.2) is 6.54 Å². The molecule has 0 saturated carbocycles. The van der Waals surface area contributed by atoms with E-state index < -0.39 is 0 Å². The number of rotatable bonds is 4. The van der Waals surface area contributed by atoms with E-state index in [1.54, 1.807) is 0 Å². The highest BCUT2D eigenvalue weighted by Crippen LogP contribution is 2.32. The smallest absolute Gasteiger partial charge is 0.0379 e. The Hall–Kier alpha value is -1.76. The first-order valence-electron chi connectivity index (χ1n) is 7.33. The van der Waals surface area contributed by atoms with Crippen LogP contribution in [0.3, 0.4) is 0 Å². The molecule has 1 N–H and O–H groups in total. The summed E-state index contributed by atoms with van der Waals surface area (Å²) < 4.78 is 0. The summed E-state index contributed by atoms with van der Waals surface area (Å²) in [4.78, 5) is 0. The summed E-state index contributed by atoms with van der Waals surface area (Å²) in [6, 6.07) is 15.7. The number of aryl methyl sites for hydroxylation is 1. The molecule has 0 amide bonds. The third-order valence-electron chi connectivity index (χ3n) is 3.95. The maximum Gasteiger partial charge on any atom is 0.0379 e. The quantitative estimate of drug-likeness (QED) is 0.833. The van der Waals surface area contributed by atoms with Crippen molar-refractivity contribution in [1.29, 1.82) is 0 Å². The molecule has 0 aliphatic carbocycles. The Morgan fingerprint density at radius 1 is 1.05 bits per heavy atom. The Morgan fingerprint density at radius 2 is 1.89 bits per heavy atom. The molecule has 0 aromatic heterocycles. The van der Waals surface area contributed by atoms with Crippen LogP contribution in [-0.2, 0) is 12.8 Å². The summed E-state index contributed by atoms with van der Waals surface area (Å²) in [5.74, 6) is 0. The normalized spacial score (nSPS) is 13.1. The van der Waals surface area contributed by atoms with Crippen molar-refractivity contribution < 1.29 is 0 Å². The van der Waals surface area contributed by atoms with Gasteiger partial charge in [-0.25, -0.2) is 0 Å². The molecule has 0 saturated heterocycles. The van der Waals surface area contributed by atoms with Gasteiger partial charge in [0.25, 0.3) is 0 Å². The molecular formula is C18H21N. The van der Waals surface area contributed by atoms with E-state index in [9.17, 15) is 0 Å². The molecule has 0 bridgehead atoms. The van der Waals surface area contributed by atoms with E-state index in [0.29, 0.717) is 0 Å². The molecular weight excluding hydrogens is 230 g/mol. The van der Waals surface area contributed by atoms with Crippen LogP contribution in [0.4, 0.5) is 5.69 Å². The third kappa shape index (κ3) is 2.51. The number of hydrogen-bond donors (Lipinski definition) is 1. The minimum atomic E-state index is 1.07. The second-order valence-corrected chi connectivity index (χ2v) is 5.31. The van der Waals surface area contributed by atoms with Crippen molar-refractivity contribution in [3.63, 3.8) is 0 Å². The van der Waals surface area contributed by atoms with Crippen LogP contribution in [0.1, 0.15) is 30.9 Å². The lowest BCUT2D eigenvalue weighted by atomic mass is 9.96. The van der Waals surface area contributed by atoms with E-state index in [2.05, 4.69) is 54.7 Å². The number of fused-ring (bicyclic) bond motifs is 1. The van der Waals surface area contributed by atoms with E-state index in [1.165, 1.54) is 47.2 Å². The first kappa shape index (κ1) is 12.3. The Morgan fingerprint density at radius 3 is 2.68 bits per heavy atom. The largest absolute Gasteiger partial charge is 0.384 e. The highest BCUT2D eigenvalue weighted by atomic mass is 14.9. The van der Waals surface area contributed by atoms with Gasteiger partial charge in [-0.1, -0.05) is 49.7 Å². The molecule has 1 heterocycles. The molecule has 1 aliphatic heterocycles. The zero-order valence-electron chi connectivity index (χ0n) is 11.6. The highest BCUT2D eigenvalue weighted by molar-refractivity contribution is 5.75. The summed E-state index contributed by atoms with van der Waals surface area (Å²) in [6.07, 6.45) is 4.89. The SMILES string of the molecule is CCCCc1ccc(-c2cccc3c2CCN3)cc1. The number of nitrogens with one attached hydrogen (secondary N) is 1. The van der Waals surface area contributed by atoms with Gasteiger partial charge >= 0.3 is 0 Å². The van der Waals surface area contributed by atoms with E-state index in [-0.39, 0.29) is 0 Å². The monoisotopic (exact) mass is 251 g/mol. The minimum absolute atomic E-state index is 1.07. The van der Waals surface area contributed by atoms with Crippen molar-refractivity contribution >= 4 is 5.69 Å². The number of hydrogen-bond acceptors (Lipinski definition) is 1. The number of unbranched alkanes of at least 4 members (excludes halogenated alkanes) is 1. The fourth-order valence-corrected chi connectivity index (χ4v) is 2.85. The summed E-state index contributed by atoms with van der Waals surface area (Å²) in [6.45, 7) is 3.32. The highest BCUT2D eigenvalue weighted by Gasteiger charge is 2.14. The second kappa shape index (κ2) is 5.48. The summed E-state index contributed by atoms with van der Waals surface area (Å²) in [5, 5.41) is 3.45. The van der Waals surface area contributed by atoms with Crippen LogP contribution in [0, 0.1) is 0 Å². The molecule has 3 rings (SSSR count). The van der Waals surface area contributed by atoms with Gasteiger partial charge in [-0.2, -0.15) is 0 Å². The van der Waals surface area contributed by atoms with E-state index in [4.69, 9.17) is 0 Å². The van der Waals surface area contributed by atoms with Gasteiger partial charge in [0.2, 0.25) is 0 Å². The average Bonchev–Trinajstić information content (AvgIpc) is 2.94. The van der Waals surface area contributed by atoms with Crippen molar-refractivity contribution in [2.45, 2.75) is 32.6 Å². The predicted octanol–water partition coefficient (Wildman–Crippen LogP) is 4.66. The topological polar surface area (TPSA) is 12.0 Å². The van der Waals surface area contributed by atoms with Crippen molar-refractivity contribution in [1.82, 2.24) is 0 Å². The van der Waals surface area contributed by atoms with Gasteiger partial charge in [0.1, 0.15) is 0 Å². The Kier molecular flexibility index (Phi) is 3.54. The molecule has 98 valence electrons. The van der Waals surface area contributed by atoms with Gasteiger partial charge in [0.15, 0.2) is 0 Å². The molecule has 0 fully saturated rings. The third-order valence-corrected chi connectivity index (χ3v) is 3.95. The van der Waals surface area contributed by atoms with Crippen LogP contribution < -0.4 is 5.32 Å². The molecule has 1 heteroatoms. The molecule has 0 unspecified atom stereocenters. The minimum Gasteiger partial charge on any atom is -0.384 e. The van der Waals surface area contributed by atoms with Gasteiger partial charge in [-0.05, 0) is 47.6 Å². The second-order valence-electron chi connectivity index (χ2n) is 5.31. The van der Waals surface area contributed by atoms with Gasteiger partial charge < -0.3 is 5.32 Å². The molecule has 1 nitrogen and oxygen atoms in total. The van der Waals surface area contributed by atoms with Crippen LogP contribution in [0.5, 0.6) is 0 Å². The molecule has 0 spiro atoms. The van der Waals surface area contributed by atoms with Crippen molar-refractivity contribution in [3.05, 3.63) is 53.6 Å². The van der Waals surface area contributed by atoms with Crippen molar-refractivity contribution in [2.24, 2.45) is 0 Å². The number of benzene rings is 2. The van der Waals surface area contributed by atoms with E-state index in [1.807, 2.05) is 0 Å². The number of anilines is 1. The lowest BCUT2D eigenvalue weighted by Crippen LogP contribution is -1.90. The van der Waals surface area contributed by atoms with E-state index >= 15 is 0 Å². The predicted molar refractivity (Wildman–Crippen MR) is 82.7 cm³/mol. The van der Waals surface area contributed by atoms with Crippen molar-refractivity contribution in [3.8, 4) is 11.1 Å². The average molecular weight is 251 g/mol. The molecule has 1 aliphatic rings. The first-order valence-corrected chi connectivity index (χ1v) is 7.33. The molecule has 0 radical (unpaired) electrons. The Labute approximate surface area is 115 Å². The maximum absolute atomic E-state index is 3.45. The zero-order valence-corrected chi connectivity index (χ0v) is 11.6. The summed E-state index contributed by atoms with van der Waals surface area (Å²) >= 11 is 0. The van der Waals surface area contributed by atoms with Crippen LogP contribution in [0.15, 0.2) is 42.5 Å². The summed E-state index contributed by atoms with van der Waals surface area (Å²) in [5.41, 5.74) is 6.98. The Balaban J connectivity index is 1.88. The lowest BCUT2D eigenvalue weighted by molar-refractivity contribution is 0.795. The fraction of sp³-hybridized carbons (Fsp3) is 0.333. The lowest BCUT2D eigenvalue weighted by Gasteiger charge is -2.09. The maximum atomic E-state index is 3.45. The zero-order chi connectivity index (χ0) is 13.1. The Bertz CT molecular complexity index is 554.